The SMILES string of the molecule is CO.CO.CO.[Er]. The summed E-state index contributed by atoms with van der Waals surface area (Å²) in [6.07, 6.45) is 0. The third kappa shape index (κ3) is 148. The second-order valence-corrected chi connectivity index (χ2v) is 0. The van der Waals surface area contributed by atoms with E-state index >= 15 is 0 Å². The van der Waals surface area contributed by atoms with Crippen molar-refractivity contribution in [2.24, 2.45) is 0 Å². The van der Waals surface area contributed by atoms with E-state index in [9.17, 15) is 0 Å². The minimum Gasteiger partial charge on any atom is -0.400 e. The maximum atomic E-state index is 7.00. The molecule has 0 aliphatic rings. The maximum absolute atomic E-state index is 7.00. The van der Waals surface area contributed by atoms with Crippen LogP contribution in [0.15, 0.2) is 0 Å². The fourth-order valence-corrected chi connectivity index (χ4v) is 0. The summed E-state index contributed by atoms with van der Waals surface area (Å²) in [5.41, 5.74) is 0. The number of hydrogen-bond donors (Lipinski definition) is 3. The van der Waals surface area contributed by atoms with Gasteiger partial charge in [0.15, 0.2) is 0 Å². The van der Waals surface area contributed by atoms with Crippen LogP contribution in [0.5, 0.6) is 0 Å². The van der Waals surface area contributed by atoms with E-state index in [1.54, 1.807) is 0 Å². The van der Waals surface area contributed by atoms with E-state index in [-0.39, 0.29) is 37.3 Å². The number of rotatable bonds is 0. The summed E-state index contributed by atoms with van der Waals surface area (Å²) >= 11 is 0. The van der Waals surface area contributed by atoms with Crippen LogP contribution in [0.25, 0.3) is 0 Å². The van der Waals surface area contributed by atoms with Crippen molar-refractivity contribution >= 4 is 0 Å². The molecular weight excluding hydrogens is 251 g/mol. The van der Waals surface area contributed by atoms with Crippen molar-refractivity contribution in [1.82, 2.24) is 0 Å². The average molecular weight is 263 g/mol. The van der Waals surface area contributed by atoms with Crippen LogP contribution in [0.1, 0.15) is 0 Å². The van der Waals surface area contributed by atoms with Crippen molar-refractivity contribution in [2.75, 3.05) is 21.3 Å². The molecule has 0 heterocycles. The Kier molecular flexibility index (Phi) is 730. The molecule has 0 unspecified atom stereocenters. The van der Waals surface area contributed by atoms with E-state index in [0.29, 0.717) is 0 Å². The first-order valence-corrected chi connectivity index (χ1v) is 1.34. The molecule has 0 amide bonds. The van der Waals surface area contributed by atoms with E-state index in [1.807, 2.05) is 0 Å². The van der Waals surface area contributed by atoms with Gasteiger partial charge in [0.05, 0.1) is 0 Å². The molecule has 7 heavy (non-hydrogen) atoms. The van der Waals surface area contributed by atoms with Crippen molar-refractivity contribution in [2.45, 2.75) is 0 Å². The van der Waals surface area contributed by atoms with E-state index in [0.717, 1.165) is 21.3 Å². The first-order chi connectivity index (χ1) is 3.00. The Morgan fingerprint density at radius 3 is 0.571 bits per heavy atom. The molecule has 0 aliphatic heterocycles. The number of aliphatic hydroxyl groups is 3. The zero-order chi connectivity index (χ0) is 6.00. The van der Waals surface area contributed by atoms with Gasteiger partial charge in [0.1, 0.15) is 0 Å². The number of hydrogen-bond acceptors (Lipinski definition) is 3. The van der Waals surface area contributed by atoms with E-state index in [4.69, 9.17) is 15.3 Å². The molecule has 3 N–H and O–H groups in total. The normalized spacial score (nSPS) is 2.57. The minimum atomic E-state index is 0. The summed E-state index contributed by atoms with van der Waals surface area (Å²) in [5.74, 6) is 0. The molecule has 0 aliphatic carbocycles. The van der Waals surface area contributed by atoms with E-state index in [1.165, 1.54) is 0 Å². The Morgan fingerprint density at radius 1 is 0.571 bits per heavy atom. The summed E-state index contributed by atoms with van der Waals surface area (Å²) in [4.78, 5) is 0. The monoisotopic (exact) mass is 262 g/mol. The zero-order valence-corrected chi connectivity index (χ0v) is 6.48. The molecule has 0 saturated heterocycles. The van der Waals surface area contributed by atoms with Crippen molar-refractivity contribution < 1.29 is 52.6 Å². The Bertz CT molecular complexity index is 10.1. The molecule has 0 spiro atoms. The Balaban J connectivity index is -0.00000000900. The summed E-state index contributed by atoms with van der Waals surface area (Å²) in [6, 6.07) is 0. The average Bonchev–Trinajstić information content (AvgIpc) is 1.81. The molecular formula is C3H12ErO3. The van der Waals surface area contributed by atoms with Gasteiger partial charge >= 0.3 is 0 Å². The zero-order valence-electron chi connectivity index (χ0n) is 4.63. The second-order valence-electron chi connectivity index (χ2n) is 0. The molecule has 0 aromatic rings. The molecule has 0 aromatic heterocycles. The predicted octanol–water partition coefficient (Wildman–Crippen LogP) is -1.17. The van der Waals surface area contributed by atoms with E-state index < -0.39 is 0 Å². The molecule has 0 atom stereocenters. The van der Waals surface area contributed by atoms with Gasteiger partial charge in [-0.1, -0.05) is 0 Å². The number of aliphatic hydroxyl groups excluding tert-OH is 3. The first kappa shape index (κ1) is 24.2. The molecule has 0 saturated carbocycles. The van der Waals surface area contributed by atoms with Crippen LogP contribution >= 0.6 is 0 Å². The van der Waals surface area contributed by atoms with Gasteiger partial charge in [-0.2, -0.15) is 0 Å². The van der Waals surface area contributed by atoms with Gasteiger partial charge in [-0.3, -0.25) is 0 Å². The fourth-order valence-electron chi connectivity index (χ4n) is 0. The smallest absolute Gasteiger partial charge is 0.0319 e. The van der Waals surface area contributed by atoms with Crippen LogP contribution in [0.2, 0.25) is 0 Å². The minimum absolute atomic E-state index is 0. The van der Waals surface area contributed by atoms with Crippen LogP contribution < -0.4 is 0 Å². The summed E-state index contributed by atoms with van der Waals surface area (Å²) in [7, 11) is 3.00. The molecule has 0 aromatic carbocycles. The third-order valence-corrected chi connectivity index (χ3v) is 0. The molecule has 0 bridgehead atoms. The maximum Gasteiger partial charge on any atom is 0.0319 e. The fraction of sp³-hybridized carbons (Fsp3) is 1.00. The van der Waals surface area contributed by atoms with Gasteiger partial charge in [-0.25, -0.2) is 0 Å². The van der Waals surface area contributed by atoms with Crippen LogP contribution in [0, 0.1) is 37.3 Å². The van der Waals surface area contributed by atoms with Crippen LogP contribution in [0.4, 0.5) is 0 Å². The Hall–Kier alpha value is 1.13. The Morgan fingerprint density at radius 2 is 0.571 bits per heavy atom. The van der Waals surface area contributed by atoms with Gasteiger partial charge in [0, 0.05) is 58.6 Å². The molecule has 54 valence electrons. The molecule has 0 fully saturated rings. The summed E-state index contributed by atoms with van der Waals surface area (Å²) in [6.45, 7) is 0. The van der Waals surface area contributed by atoms with Crippen molar-refractivity contribution in [3.05, 3.63) is 0 Å². The van der Waals surface area contributed by atoms with Crippen LogP contribution in [-0.4, -0.2) is 36.6 Å². The van der Waals surface area contributed by atoms with Gasteiger partial charge in [0.25, 0.3) is 0 Å². The molecule has 0 rings (SSSR count). The van der Waals surface area contributed by atoms with Gasteiger partial charge < -0.3 is 15.3 Å². The largest absolute Gasteiger partial charge is 0.400 e. The van der Waals surface area contributed by atoms with Gasteiger partial charge in [-0.15, -0.1) is 0 Å². The quantitative estimate of drug-likeness (QED) is 0.516. The summed E-state index contributed by atoms with van der Waals surface area (Å²) < 4.78 is 0. The van der Waals surface area contributed by atoms with Crippen molar-refractivity contribution in [3.8, 4) is 0 Å². The topological polar surface area (TPSA) is 60.7 Å². The molecule has 0 radical (unpaired) electrons. The van der Waals surface area contributed by atoms with Gasteiger partial charge in [0.2, 0.25) is 0 Å². The third-order valence-electron chi connectivity index (χ3n) is 0. The molecule has 3 nitrogen and oxygen atoms in total. The Labute approximate surface area is 73.6 Å². The predicted molar refractivity (Wildman–Crippen MR) is 24.4 cm³/mol. The van der Waals surface area contributed by atoms with Crippen LogP contribution in [-0.2, 0) is 0 Å². The standard InChI is InChI=1S/3CH4O.Er/c3*1-2;/h3*2H,1H3;. The first-order valence-electron chi connectivity index (χ1n) is 1.34. The van der Waals surface area contributed by atoms with Crippen molar-refractivity contribution in [1.29, 1.82) is 0 Å². The molecule has 4 heteroatoms. The van der Waals surface area contributed by atoms with Crippen LogP contribution in [0.3, 0.4) is 0 Å². The van der Waals surface area contributed by atoms with E-state index in [2.05, 4.69) is 0 Å². The summed E-state index contributed by atoms with van der Waals surface area (Å²) in [5, 5.41) is 21.0. The second kappa shape index (κ2) is 211. The van der Waals surface area contributed by atoms with Gasteiger partial charge in [-0.05, 0) is 0 Å². The van der Waals surface area contributed by atoms with Crippen molar-refractivity contribution in [3.63, 3.8) is 0 Å².